The molecule has 27 heavy (non-hydrogen) atoms. The zero-order valence-electron chi connectivity index (χ0n) is 15.2. The number of carbonyl (C=O) groups is 4. The van der Waals surface area contributed by atoms with Crippen LogP contribution < -0.4 is 11.5 Å². The highest BCUT2D eigenvalue weighted by molar-refractivity contribution is 5.84. The molecule has 0 fully saturated rings. The van der Waals surface area contributed by atoms with Crippen LogP contribution in [0.4, 0.5) is 0 Å². The minimum absolute atomic E-state index is 0.227. The van der Waals surface area contributed by atoms with E-state index in [9.17, 15) is 24.3 Å². The Hall–Kier alpha value is -2.66. The summed E-state index contributed by atoms with van der Waals surface area (Å²) in [6, 6.07) is -0.883. The van der Waals surface area contributed by atoms with Crippen molar-refractivity contribution >= 4 is 23.8 Å². The van der Waals surface area contributed by atoms with Gasteiger partial charge in [0.2, 0.25) is 11.7 Å². The SMILES string of the molecule is CO[C@H]([C@@H]1OC(C(=O)O)=C[C@@H](N)[C@H]1CC(N)=O)[C@H](COC(C)=O)OC(C)=O. The Morgan fingerprint density at radius 2 is 1.89 bits per heavy atom. The van der Waals surface area contributed by atoms with Crippen LogP contribution in [0.5, 0.6) is 0 Å². The number of esters is 2. The van der Waals surface area contributed by atoms with Crippen molar-refractivity contribution in [2.45, 2.75) is 44.6 Å². The standard InChI is InChI=1S/C16H24N2O9/c1-7(19)25-6-12(26-8(2)20)15(24-3)14-9(4-13(18)21)10(17)5-11(27-14)16(22)23/h5,9-10,12,14-15H,4,6,17H2,1-3H3,(H2,18,21)(H,22,23)/t9-,10-,12+,14-,15+/m1/s1. The quantitative estimate of drug-likeness (QED) is 0.401. The zero-order chi connectivity index (χ0) is 20.7. The average Bonchev–Trinajstić information content (AvgIpc) is 2.54. The second-order valence-corrected chi connectivity index (χ2v) is 5.98. The summed E-state index contributed by atoms with van der Waals surface area (Å²) >= 11 is 0. The second-order valence-electron chi connectivity index (χ2n) is 5.98. The molecule has 11 heteroatoms. The topological polar surface area (TPSA) is 177 Å². The largest absolute Gasteiger partial charge is 0.480 e. The maximum Gasteiger partial charge on any atom is 0.370 e. The number of hydrogen-bond donors (Lipinski definition) is 3. The van der Waals surface area contributed by atoms with Gasteiger partial charge in [0.25, 0.3) is 0 Å². The molecule has 0 saturated carbocycles. The predicted molar refractivity (Wildman–Crippen MR) is 88.9 cm³/mol. The van der Waals surface area contributed by atoms with Gasteiger partial charge in [0.1, 0.15) is 18.8 Å². The fourth-order valence-electron chi connectivity index (χ4n) is 2.81. The molecule has 0 aromatic heterocycles. The molecule has 1 aliphatic heterocycles. The lowest BCUT2D eigenvalue weighted by atomic mass is 9.83. The normalized spacial score (nSPS) is 24.0. The van der Waals surface area contributed by atoms with Crippen LogP contribution in [0.15, 0.2) is 11.8 Å². The molecule has 5 atom stereocenters. The zero-order valence-corrected chi connectivity index (χ0v) is 15.2. The van der Waals surface area contributed by atoms with Gasteiger partial charge in [0.05, 0.1) is 0 Å². The Kier molecular flexibility index (Phi) is 8.19. The van der Waals surface area contributed by atoms with Gasteiger partial charge >= 0.3 is 17.9 Å². The van der Waals surface area contributed by atoms with E-state index in [-0.39, 0.29) is 13.0 Å². The summed E-state index contributed by atoms with van der Waals surface area (Å²) in [5, 5.41) is 9.22. The van der Waals surface area contributed by atoms with E-state index in [0.717, 1.165) is 13.0 Å². The van der Waals surface area contributed by atoms with E-state index in [0.29, 0.717) is 0 Å². The van der Waals surface area contributed by atoms with Crippen LogP contribution in [0, 0.1) is 5.92 Å². The molecule has 1 rings (SSSR count). The smallest absolute Gasteiger partial charge is 0.370 e. The van der Waals surface area contributed by atoms with Gasteiger partial charge in [-0.05, 0) is 6.08 Å². The third-order valence-corrected chi connectivity index (χ3v) is 3.90. The molecule has 11 nitrogen and oxygen atoms in total. The van der Waals surface area contributed by atoms with Crippen molar-refractivity contribution in [1.29, 1.82) is 0 Å². The molecular formula is C16H24N2O9. The maximum atomic E-state index is 11.4. The molecule has 0 bridgehead atoms. The summed E-state index contributed by atoms with van der Waals surface area (Å²) in [5.74, 6) is -4.56. The van der Waals surface area contributed by atoms with Crippen molar-refractivity contribution in [1.82, 2.24) is 0 Å². The third kappa shape index (κ3) is 6.53. The van der Waals surface area contributed by atoms with Crippen LogP contribution in [-0.2, 0) is 38.1 Å². The molecular weight excluding hydrogens is 364 g/mol. The van der Waals surface area contributed by atoms with Gasteiger partial charge < -0.3 is 35.5 Å². The molecule has 152 valence electrons. The average molecular weight is 388 g/mol. The number of aliphatic carboxylic acids is 1. The first-order valence-corrected chi connectivity index (χ1v) is 8.05. The van der Waals surface area contributed by atoms with Gasteiger partial charge in [-0.2, -0.15) is 0 Å². The van der Waals surface area contributed by atoms with E-state index in [1.165, 1.54) is 14.0 Å². The Morgan fingerprint density at radius 3 is 2.33 bits per heavy atom. The van der Waals surface area contributed by atoms with Crippen LogP contribution in [0.1, 0.15) is 20.3 Å². The monoisotopic (exact) mass is 388 g/mol. The van der Waals surface area contributed by atoms with Crippen LogP contribution >= 0.6 is 0 Å². The number of hydrogen-bond acceptors (Lipinski definition) is 9. The fourth-order valence-corrected chi connectivity index (χ4v) is 2.81. The van der Waals surface area contributed by atoms with Gasteiger partial charge in [0, 0.05) is 39.3 Å². The first-order valence-electron chi connectivity index (χ1n) is 8.05. The van der Waals surface area contributed by atoms with Gasteiger partial charge in [-0.1, -0.05) is 0 Å². The van der Waals surface area contributed by atoms with E-state index in [1.54, 1.807) is 0 Å². The van der Waals surface area contributed by atoms with Crippen molar-refractivity contribution in [2.75, 3.05) is 13.7 Å². The number of rotatable bonds is 9. The number of carboxylic acid groups (broad SMARTS) is 1. The van der Waals surface area contributed by atoms with Crippen molar-refractivity contribution in [2.24, 2.45) is 17.4 Å². The van der Waals surface area contributed by atoms with Crippen molar-refractivity contribution in [3.05, 3.63) is 11.8 Å². The van der Waals surface area contributed by atoms with Crippen LogP contribution in [0.3, 0.4) is 0 Å². The van der Waals surface area contributed by atoms with Gasteiger partial charge in [0.15, 0.2) is 6.10 Å². The molecule has 0 aromatic carbocycles. The van der Waals surface area contributed by atoms with Crippen LogP contribution in [0.25, 0.3) is 0 Å². The molecule has 0 aliphatic carbocycles. The maximum absolute atomic E-state index is 11.4. The number of primary amides is 1. The summed E-state index contributed by atoms with van der Waals surface area (Å²) in [7, 11) is 1.27. The van der Waals surface area contributed by atoms with Gasteiger partial charge in [-0.3, -0.25) is 14.4 Å². The Morgan fingerprint density at radius 1 is 1.26 bits per heavy atom. The highest BCUT2D eigenvalue weighted by atomic mass is 16.6. The number of amides is 1. The summed E-state index contributed by atoms with van der Waals surface area (Å²) in [6.45, 7) is 1.95. The van der Waals surface area contributed by atoms with Crippen molar-refractivity contribution < 1.29 is 43.2 Å². The highest BCUT2D eigenvalue weighted by Crippen LogP contribution is 2.31. The summed E-state index contributed by atoms with van der Waals surface area (Å²) < 4.78 is 20.9. The predicted octanol–water partition coefficient (Wildman–Crippen LogP) is -1.32. The summed E-state index contributed by atoms with van der Waals surface area (Å²) in [5.41, 5.74) is 11.2. The first-order chi connectivity index (χ1) is 12.6. The van der Waals surface area contributed by atoms with Gasteiger partial charge in [-0.15, -0.1) is 0 Å². The first kappa shape index (κ1) is 22.4. The van der Waals surface area contributed by atoms with Crippen molar-refractivity contribution in [3.8, 4) is 0 Å². The number of carbonyl (C=O) groups excluding carboxylic acids is 3. The lowest BCUT2D eigenvalue weighted by Gasteiger charge is -2.40. The van der Waals surface area contributed by atoms with Crippen molar-refractivity contribution in [3.63, 3.8) is 0 Å². The number of nitrogens with two attached hydrogens (primary N) is 2. The number of ether oxygens (including phenoxy) is 4. The highest BCUT2D eigenvalue weighted by Gasteiger charge is 2.45. The van der Waals surface area contributed by atoms with Gasteiger partial charge in [-0.25, -0.2) is 4.79 Å². The fraction of sp³-hybridized carbons (Fsp3) is 0.625. The Labute approximate surface area is 155 Å². The Balaban J connectivity index is 3.23. The third-order valence-electron chi connectivity index (χ3n) is 3.90. The number of methoxy groups -OCH3 is 1. The lowest BCUT2D eigenvalue weighted by molar-refractivity contribution is -0.180. The summed E-state index contributed by atoms with van der Waals surface area (Å²) in [6.07, 6.45) is -2.39. The number of carboxylic acids is 1. The molecule has 1 aliphatic rings. The second kappa shape index (κ2) is 9.88. The van der Waals surface area contributed by atoms with E-state index in [1.807, 2.05) is 0 Å². The molecule has 1 amide bonds. The van der Waals surface area contributed by atoms with E-state index >= 15 is 0 Å². The van der Waals surface area contributed by atoms with Crippen LogP contribution in [0.2, 0.25) is 0 Å². The molecule has 0 saturated heterocycles. The summed E-state index contributed by atoms with van der Waals surface area (Å²) in [4.78, 5) is 45.3. The molecule has 0 spiro atoms. The molecule has 5 N–H and O–H groups in total. The molecule has 1 heterocycles. The minimum atomic E-state index is -1.37. The van der Waals surface area contributed by atoms with Crippen LogP contribution in [-0.4, -0.2) is 67.0 Å². The molecule has 0 unspecified atom stereocenters. The Bertz CT molecular complexity index is 619. The lowest BCUT2D eigenvalue weighted by Crippen LogP contribution is -2.55. The molecule has 0 aromatic rings. The minimum Gasteiger partial charge on any atom is -0.480 e. The van der Waals surface area contributed by atoms with E-state index in [2.05, 4.69) is 0 Å². The van der Waals surface area contributed by atoms with E-state index in [4.69, 9.17) is 30.4 Å². The van der Waals surface area contributed by atoms with E-state index < -0.39 is 59.8 Å². The molecule has 0 radical (unpaired) electrons.